The van der Waals surface area contributed by atoms with Gasteiger partial charge in [-0.1, -0.05) is 19.8 Å². The number of nitrogens with one attached hydrogen (secondary N) is 1. The second-order valence-corrected chi connectivity index (χ2v) is 5.67. The predicted octanol–water partition coefficient (Wildman–Crippen LogP) is 2.00. The second-order valence-electron chi connectivity index (χ2n) is 5.67. The zero-order valence-electron chi connectivity index (χ0n) is 11.8. The van der Waals surface area contributed by atoms with E-state index >= 15 is 0 Å². The van der Waals surface area contributed by atoms with Crippen LogP contribution >= 0.6 is 0 Å². The van der Waals surface area contributed by atoms with E-state index in [0.717, 1.165) is 32.2 Å². The standard InChI is InChI=1S/C14H30N2O/c1-4-5-6-11-16(3)13-7-9-14(17,10-8-13)12-15-2/h13,15,17H,4-12H2,1-3H3. The van der Waals surface area contributed by atoms with Gasteiger partial charge in [-0.05, 0) is 52.7 Å². The molecule has 0 radical (unpaired) electrons. The Morgan fingerprint density at radius 2 is 1.94 bits per heavy atom. The maximum Gasteiger partial charge on any atom is 0.0772 e. The summed E-state index contributed by atoms with van der Waals surface area (Å²) in [6, 6.07) is 0.684. The Morgan fingerprint density at radius 1 is 1.29 bits per heavy atom. The molecule has 1 aliphatic rings. The molecule has 3 heteroatoms. The molecule has 0 aromatic heterocycles. The van der Waals surface area contributed by atoms with Gasteiger partial charge in [0.2, 0.25) is 0 Å². The van der Waals surface area contributed by atoms with E-state index < -0.39 is 5.60 Å². The fourth-order valence-electron chi connectivity index (χ4n) is 2.88. The van der Waals surface area contributed by atoms with Crippen molar-refractivity contribution >= 4 is 0 Å². The van der Waals surface area contributed by atoms with Crippen molar-refractivity contribution in [2.75, 3.05) is 27.2 Å². The van der Waals surface area contributed by atoms with Gasteiger partial charge in [0, 0.05) is 12.6 Å². The molecule has 0 unspecified atom stereocenters. The van der Waals surface area contributed by atoms with E-state index in [0.29, 0.717) is 6.04 Å². The monoisotopic (exact) mass is 242 g/mol. The Labute approximate surface area is 107 Å². The predicted molar refractivity (Wildman–Crippen MR) is 73.3 cm³/mol. The Morgan fingerprint density at radius 3 is 2.47 bits per heavy atom. The first-order valence-electron chi connectivity index (χ1n) is 7.18. The van der Waals surface area contributed by atoms with Crippen LogP contribution in [0.2, 0.25) is 0 Å². The molecule has 1 rings (SSSR count). The summed E-state index contributed by atoms with van der Waals surface area (Å²) in [4.78, 5) is 2.49. The lowest BCUT2D eigenvalue weighted by Gasteiger charge is -2.39. The molecule has 1 aliphatic carbocycles. The lowest BCUT2D eigenvalue weighted by Crippen LogP contribution is -2.47. The third-order valence-corrected chi connectivity index (χ3v) is 4.13. The highest BCUT2D eigenvalue weighted by atomic mass is 16.3. The lowest BCUT2D eigenvalue weighted by atomic mass is 9.81. The van der Waals surface area contributed by atoms with Crippen LogP contribution in [0, 0.1) is 0 Å². The Bertz CT molecular complexity index is 200. The van der Waals surface area contributed by atoms with Gasteiger partial charge in [-0.15, -0.1) is 0 Å². The smallest absolute Gasteiger partial charge is 0.0772 e. The van der Waals surface area contributed by atoms with Crippen LogP contribution in [0.4, 0.5) is 0 Å². The quantitative estimate of drug-likeness (QED) is 0.670. The van der Waals surface area contributed by atoms with Crippen LogP contribution in [-0.4, -0.2) is 48.8 Å². The van der Waals surface area contributed by atoms with E-state index in [9.17, 15) is 5.11 Å². The van der Waals surface area contributed by atoms with Gasteiger partial charge in [-0.2, -0.15) is 0 Å². The summed E-state index contributed by atoms with van der Waals surface area (Å²) in [5, 5.41) is 13.4. The summed E-state index contributed by atoms with van der Waals surface area (Å²) in [5.74, 6) is 0. The number of aliphatic hydroxyl groups is 1. The van der Waals surface area contributed by atoms with Crippen molar-refractivity contribution in [2.45, 2.75) is 63.5 Å². The maximum absolute atomic E-state index is 10.3. The maximum atomic E-state index is 10.3. The van der Waals surface area contributed by atoms with Crippen LogP contribution in [0.25, 0.3) is 0 Å². The molecule has 0 heterocycles. The van der Waals surface area contributed by atoms with Gasteiger partial charge in [0.15, 0.2) is 0 Å². The largest absolute Gasteiger partial charge is 0.389 e. The summed E-state index contributed by atoms with van der Waals surface area (Å²) in [6.45, 7) is 4.20. The van der Waals surface area contributed by atoms with Crippen LogP contribution < -0.4 is 5.32 Å². The normalized spacial score (nSPS) is 29.8. The molecule has 0 saturated heterocycles. The van der Waals surface area contributed by atoms with E-state index in [4.69, 9.17) is 0 Å². The zero-order chi connectivity index (χ0) is 12.7. The number of hydrogen-bond donors (Lipinski definition) is 2. The van der Waals surface area contributed by atoms with Crippen LogP contribution in [0.15, 0.2) is 0 Å². The first kappa shape index (κ1) is 14.9. The summed E-state index contributed by atoms with van der Waals surface area (Å²) in [7, 11) is 4.16. The van der Waals surface area contributed by atoms with Gasteiger partial charge in [0.05, 0.1) is 5.60 Å². The Hall–Kier alpha value is -0.120. The van der Waals surface area contributed by atoms with E-state index in [1.165, 1.54) is 25.8 Å². The van der Waals surface area contributed by atoms with Crippen molar-refractivity contribution in [1.29, 1.82) is 0 Å². The van der Waals surface area contributed by atoms with Crippen molar-refractivity contribution in [3.63, 3.8) is 0 Å². The summed E-state index contributed by atoms with van der Waals surface area (Å²) in [6.07, 6.45) is 8.10. The van der Waals surface area contributed by atoms with Gasteiger partial charge in [-0.25, -0.2) is 0 Å². The number of likely N-dealkylation sites (N-methyl/N-ethyl adjacent to an activating group) is 1. The van der Waals surface area contributed by atoms with Crippen LogP contribution in [-0.2, 0) is 0 Å². The molecular formula is C14H30N2O. The van der Waals surface area contributed by atoms with Gasteiger partial charge in [0.1, 0.15) is 0 Å². The molecule has 0 bridgehead atoms. The topological polar surface area (TPSA) is 35.5 Å². The minimum absolute atomic E-state index is 0.449. The lowest BCUT2D eigenvalue weighted by molar-refractivity contribution is -0.0147. The molecule has 3 nitrogen and oxygen atoms in total. The molecule has 0 amide bonds. The average molecular weight is 242 g/mol. The molecule has 1 fully saturated rings. The van der Waals surface area contributed by atoms with E-state index in [2.05, 4.69) is 24.2 Å². The molecule has 0 aromatic rings. The molecule has 0 aliphatic heterocycles. The second kappa shape index (κ2) is 7.34. The van der Waals surface area contributed by atoms with Crippen molar-refractivity contribution in [3.8, 4) is 0 Å². The van der Waals surface area contributed by atoms with Crippen LogP contribution in [0.5, 0.6) is 0 Å². The highest BCUT2D eigenvalue weighted by Gasteiger charge is 2.33. The zero-order valence-corrected chi connectivity index (χ0v) is 11.8. The van der Waals surface area contributed by atoms with Crippen LogP contribution in [0.1, 0.15) is 51.9 Å². The summed E-state index contributed by atoms with van der Waals surface area (Å²) in [5.41, 5.74) is -0.449. The third kappa shape index (κ3) is 4.94. The van der Waals surface area contributed by atoms with Gasteiger partial charge < -0.3 is 15.3 Å². The van der Waals surface area contributed by atoms with Gasteiger partial charge >= 0.3 is 0 Å². The third-order valence-electron chi connectivity index (χ3n) is 4.13. The fraction of sp³-hybridized carbons (Fsp3) is 1.00. The van der Waals surface area contributed by atoms with E-state index in [1.54, 1.807) is 0 Å². The molecule has 102 valence electrons. The number of rotatable bonds is 7. The number of nitrogens with zero attached hydrogens (tertiary/aromatic N) is 1. The molecule has 0 atom stereocenters. The van der Waals surface area contributed by atoms with E-state index in [-0.39, 0.29) is 0 Å². The summed E-state index contributed by atoms with van der Waals surface area (Å²) < 4.78 is 0. The Kier molecular flexibility index (Phi) is 6.45. The minimum Gasteiger partial charge on any atom is -0.389 e. The van der Waals surface area contributed by atoms with E-state index in [1.807, 2.05) is 7.05 Å². The average Bonchev–Trinajstić information content (AvgIpc) is 2.30. The number of unbranched alkanes of at least 4 members (excludes halogenated alkanes) is 2. The first-order chi connectivity index (χ1) is 8.11. The van der Waals surface area contributed by atoms with Gasteiger partial charge in [-0.3, -0.25) is 0 Å². The molecule has 0 aromatic carbocycles. The first-order valence-corrected chi connectivity index (χ1v) is 7.18. The van der Waals surface area contributed by atoms with Crippen molar-refractivity contribution in [1.82, 2.24) is 10.2 Å². The van der Waals surface area contributed by atoms with Gasteiger partial charge in [0.25, 0.3) is 0 Å². The SMILES string of the molecule is CCCCCN(C)C1CCC(O)(CNC)CC1. The molecule has 2 N–H and O–H groups in total. The van der Waals surface area contributed by atoms with Crippen molar-refractivity contribution in [3.05, 3.63) is 0 Å². The summed E-state index contributed by atoms with van der Waals surface area (Å²) >= 11 is 0. The highest BCUT2D eigenvalue weighted by Crippen LogP contribution is 2.30. The fourth-order valence-corrected chi connectivity index (χ4v) is 2.88. The van der Waals surface area contributed by atoms with Crippen molar-refractivity contribution in [2.24, 2.45) is 0 Å². The van der Waals surface area contributed by atoms with Crippen LogP contribution in [0.3, 0.4) is 0 Å². The molecular weight excluding hydrogens is 212 g/mol. The molecule has 17 heavy (non-hydrogen) atoms. The number of hydrogen-bond acceptors (Lipinski definition) is 3. The molecule has 1 saturated carbocycles. The molecule has 0 spiro atoms. The minimum atomic E-state index is -0.449. The Balaban J connectivity index is 2.25. The van der Waals surface area contributed by atoms with Crippen molar-refractivity contribution < 1.29 is 5.11 Å². The highest BCUT2D eigenvalue weighted by molar-refractivity contribution is 4.89.